The van der Waals surface area contributed by atoms with Crippen LogP contribution in [-0.2, 0) is 9.59 Å². The number of methoxy groups -OCH3 is 2. The van der Waals surface area contributed by atoms with Crippen LogP contribution in [0.25, 0.3) is 0 Å². The molecule has 5 rings (SSSR count). The molecule has 2 atom stereocenters. The van der Waals surface area contributed by atoms with Crippen LogP contribution in [0.15, 0.2) is 103 Å². The van der Waals surface area contributed by atoms with Gasteiger partial charge in [0.2, 0.25) is 11.8 Å². The van der Waals surface area contributed by atoms with Crippen LogP contribution in [0.1, 0.15) is 18.0 Å². The van der Waals surface area contributed by atoms with Crippen molar-refractivity contribution < 1.29 is 23.8 Å². The summed E-state index contributed by atoms with van der Waals surface area (Å²) in [6.07, 6.45) is 0.0871. The molecule has 1 aliphatic heterocycles. The number of hydrogen-bond donors (Lipinski definition) is 1. The summed E-state index contributed by atoms with van der Waals surface area (Å²) < 4.78 is 16.4. The number of rotatable bonds is 8. The highest BCUT2D eigenvalue weighted by Crippen LogP contribution is 2.42. The van der Waals surface area contributed by atoms with E-state index in [1.54, 1.807) is 55.5 Å². The molecule has 0 saturated carbocycles. The first-order valence-corrected chi connectivity index (χ1v) is 12.3. The zero-order valence-electron chi connectivity index (χ0n) is 21.2. The first-order valence-electron chi connectivity index (χ1n) is 12.3. The highest BCUT2D eigenvalue weighted by molar-refractivity contribution is 6.04. The molecule has 1 N–H and O–H groups in total. The normalized spacial score (nSPS) is 16.7. The summed E-state index contributed by atoms with van der Waals surface area (Å²) in [7, 11) is 3.20. The Morgan fingerprint density at radius 3 is 1.89 bits per heavy atom. The molecule has 0 aromatic heterocycles. The third kappa shape index (κ3) is 5.32. The maximum atomic E-state index is 13.6. The zero-order chi connectivity index (χ0) is 26.5. The molecule has 38 heavy (non-hydrogen) atoms. The minimum absolute atomic E-state index is 0.0871. The fourth-order valence-corrected chi connectivity index (χ4v) is 4.67. The van der Waals surface area contributed by atoms with Gasteiger partial charge in [-0.3, -0.25) is 9.59 Å². The van der Waals surface area contributed by atoms with Gasteiger partial charge >= 0.3 is 0 Å². The number of para-hydroxylation sites is 1. The summed E-state index contributed by atoms with van der Waals surface area (Å²) in [5.74, 6) is 1.83. The van der Waals surface area contributed by atoms with Gasteiger partial charge in [-0.05, 0) is 78.4 Å². The Kier molecular flexibility index (Phi) is 7.26. The zero-order valence-corrected chi connectivity index (χ0v) is 21.2. The van der Waals surface area contributed by atoms with Gasteiger partial charge < -0.3 is 24.4 Å². The quantitative estimate of drug-likeness (QED) is 0.305. The molecule has 4 aromatic carbocycles. The number of benzene rings is 4. The molecule has 1 aliphatic rings. The van der Waals surface area contributed by atoms with Crippen molar-refractivity contribution in [1.29, 1.82) is 0 Å². The van der Waals surface area contributed by atoms with Gasteiger partial charge in [-0.25, -0.2) is 0 Å². The molecule has 0 bridgehead atoms. The first-order chi connectivity index (χ1) is 18.6. The molecule has 1 heterocycles. The summed E-state index contributed by atoms with van der Waals surface area (Å²) in [6.45, 7) is 0. The first kappa shape index (κ1) is 24.9. The SMILES string of the molecule is COc1ccc([C@H]2[C@@H](C(=O)Nc3ccc(Oc4ccccc4)cc3)CC(=O)N2c2ccc(OC)cc2)cc1. The topological polar surface area (TPSA) is 77.1 Å². The number of ether oxygens (including phenoxy) is 3. The lowest BCUT2D eigenvalue weighted by Gasteiger charge is -2.28. The van der Waals surface area contributed by atoms with Crippen LogP contribution < -0.4 is 24.4 Å². The van der Waals surface area contributed by atoms with Gasteiger partial charge in [0.25, 0.3) is 0 Å². The van der Waals surface area contributed by atoms with Crippen molar-refractivity contribution in [3.8, 4) is 23.0 Å². The largest absolute Gasteiger partial charge is 0.497 e. The minimum Gasteiger partial charge on any atom is -0.497 e. The van der Waals surface area contributed by atoms with Gasteiger partial charge in [0, 0.05) is 17.8 Å². The van der Waals surface area contributed by atoms with Crippen molar-refractivity contribution in [2.75, 3.05) is 24.4 Å². The second-order valence-electron chi connectivity index (χ2n) is 8.92. The number of amides is 2. The molecular weight excluding hydrogens is 480 g/mol. The Hall–Kier alpha value is -4.78. The van der Waals surface area contributed by atoms with E-state index in [-0.39, 0.29) is 18.2 Å². The molecular formula is C31H28N2O5. The van der Waals surface area contributed by atoms with E-state index in [2.05, 4.69) is 5.32 Å². The molecule has 192 valence electrons. The highest BCUT2D eigenvalue weighted by atomic mass is 16.5. The van der Waals surface area contributed by atoms with Crippen LogP contribution in [0.5, 0.6) is 23.0 Å². The van der Waals surface area contributed by atoms with Crippen molar-refractivity contribution >= 4 is 23.2 Å². The monoisotopic (exact) mass is 508 g/mol. The molecule has 0 spiro atoms. The predicted molar refractivity (Wildman–Crippen MR) is 146 cm³/mol. The van der Waals surface area contributed by atoms with E-state index in [1.807, 2.05) is 66.7 Å². The molecule has 1 fully saturated rings. The van der Waals surface area contributed by atoms with Gasteiger partial charge in [0.05, 0.1) is 26.2 Å². The van der Waals surface area contributed by atoms with Crippen molar-refractivity contribution in [2.24, 2.45) is 5.92 Å². The van der Waals surface area contributed by atoms with Gasteiger partial charge in [-0.1, -0.05) is 30.3 Å². The van der Waals surface area contributed by atoms with E-state index in [4.69, 9.17) is 14.2 Å². The van der Waals surface area contributed by atoms with Crippen molar-refractivity contribution in [3.05, 3.63) is 109 Å². The lowest BCUT2D eigenvalue weighted by Crippen LogP contribution is -2.32. The van der Waals surface area contributed by atoms with E-state index in [0.717, 1.165) is 11.3 Å². The number of nitrogens with one attached hydrogen (secondary N) is 1. The third-order valence-corrected chi connectivity index (χ3v) is 6.57. The van der Waals surface area contributed by atoms with E-state index >= 15 is 0 Å². The highest BCUT2D eigenvalue weighted by Gasteiger charge is 2.45. The molecule has 2 amide bonds. The second kappa shape index (κ2) is 11.1. The van der Waals surface area contributed by atoms with Crippen molar-refractivity contribution in [3.63, 3.8) is 0 Å². The molecule has 4 aromatic rings. The smallest absolute Gasteiger partial charge is 0.230 e. The Morgan fingerprint density at radius 1 is 0.737 bits per heavy atom. The number of carbonyl (C=O) groups is 2. The van der Waals surface area contributed by atoms with Crippen molar-refractivity contribution in [1.82, 2.24) is 0 Å². The summed E-state index contributed by atoms with van der Waals surface area (Å²) in [5, 5.41) is 2.99. The Morgan fingerprint density at radius 2 is 1.29 bits per heavy atom. The fraction of sp³-hybridized carbons (Fsp3) is 0.161. The average Bonchev–Trinajstić information content (AvgIpc) is 3.31. The van der Waals surface area contributed by atoms with E-state index in [9.17, 15) is 9.59 Å². The summed E-state index contributed by atoms with van der Waals surface area (Å²) in [6, 6.07) is 30.9. The van der Waals surface area contributed by atoms with Gasteiger partial charge in [-0.2, -0.15) is 0 Å². The van der Waals surface area contributed by atoms with Crippen LogP contribution >= 0.6 is 0 Å². The third-order valence-electron chi connectivity index (χ3n) is 6.57. The number of hydrogen-bond acceptors (Lipinski definition) is 5. The predicted octanol–water partition coefficient (Wildman–Crippen LogP) is 6.23. The molecule has 7 nitrogen and oxygen atoms in total. The molecule has 0 aliphatic carbocycles. The fourth-order valence-electron chi connectivity index (χ4n) is 4.67. The molecule has 1 saturated heterocycles. The maximum Gasteiger partial charge on any atom is 0.230 e. The van der Waals surface area contributed by atoms with Crippen LogP contribution in [0.2, 0.25) is 0 Å². The second-order valence-corrected chi connectivity index (χ2v) is 8.92. The number of nitrogens with zero attached hydrogens (tertiary/aromatic N) is 1. The number of anilines is 2. The van der Waals surface area contributed by atoms with Crippen LogP contribution in [-0.4, -0.2) is 26.0 Å². The molecule has 7 heteroatoms. The van der Waals surface area contributed by atoms with Gasteiger partial charge in [0.1, 0.15) is 23.0 Å². The summed E-state index contributed by atoms with van der Waals surface area (Å²) >= 11 is 0. The molecule has 0 radical (unpaired) electrons. The maximum absolute atomic E-state index is 13.6. The summed E-state index contributed by atoms with van der Waals surface area (Å²) in [5.41, 5.74) is 2.17. The average molecular weight is 509 g/mol. The standard InChI is InChI=1S/C31H28N2O5/c1-36-24-14-8-21(9-15-24)30-28(20-29(34)33(30)23-12-18-25(37-2)19-13-23)31(35)32-22-10-16-27(17-11-22)38-26-6-4-3-5-7-26/h3-19,28,30H,20H2,1-2H3,(H,32,35)/t28-,30-/m0/s1. The number of carbonyl (C=O) groups excluding carboxylic acids is 2. The van der Waals surface area contributed by atoms with E-state index in [1.165, 1.54) is 0 Å². The van der Waals surface area contributed by atoms with Gasteiger partial charge in [0.15, 0.2) is 0 Å². The van der Waals surface area contributed by atoms with Crippen LogP contribution in [0.4, 0.5) is 11.4 Å². The lowest BCUT2D eigenvalue weighted by atomic mass is 9.92. The van der Waals surface area contributed by atoms with E-state index < -0.39 is 12.0 Å². The minimum atomic E-state index is -0.599. The van der Waals surface area contributed by atoms with E-state index in [0.29, 0.717) is 28.6 Å². The summed E-state index contributed by atoms with van der Waals surface area (Å²) in [4.78, 5) is 28.5. The van der Waals surface area contributed by atoms with Crippen molar-refractivity contribution in [2.45, 2.75) is 12.5 Å². The van der Waals surface area contributed by atoms with Gasteiger partial charge in [-0.15, -0.1) is 0 Å². The lowest BCUT2D eigenvalue weighted by molar-refractivity contribution is -0.122. The van der Waals surface area contributed by atoms with Crippen LogP contribution in [0, 0.1) is 5.92 Å². The molecule has 0 unspecified atom stereocenters. The Labute approximate surface area is 221 Å². The Bertz CT molecular complexity index is 1390. The van der Waals surface area contributed by atoms with Crippen LogP contribution in [0.3, 0.4) is 0 Å². The Balaban J connectivity index is 1.39.